The lowest BCUT2D eigenvalue weighted by molar-refractivity contribution is -0.119. The Morgan fingerprint density at radius 1 is 1.24 bits per heavy atom. The summed E-state index contributed by atoms with van der Waals surface area (Å²) in [7, 11) is 3.27. The van der Waals surface area contributed by atoms with Gasteiger partial charge in [-0.3, -0.25) is 24.4 Å². The maximum atomic E-state index is 13.1. The van der Waals surface area contributed by atoms with Crippen LogP contribution < -0.4 is 25.8 Å². The number of primary amides is 1. The molecule has 1 saturated heterocycles. The van der Waals surface area contributed by atoms with E-state index in [4.69, 9.17) is 5.73 Å². The summed E-state index contributed by atoms with van der Waals surface area (Å²) < 4.78 is 0. The Labute approximate surface area is 198 Å². The van der Waals surface area contributed by atoms with E-state index in [1.807, 2.05) is 36.1 Å². The minimum absolute atomic E-state index is 0.0105. The van der Waals surface area contributed by atoms with Crippen LogP contribution in [0, 0.1) is 6.92 Å². The van der Waals surface area contributed by atoms with Crippen molar-refractivity contribution in [2.45, 2.75) is 32.4 Å². The molecule has 0 radical (unpaired) electrons. The highest BCUT2D eigenvalue weighted by Gasteiger charge is 2.32. The molecule has 0 atom stereocenters. The number of benzene rings is 1. The lowest BCUT2D eigenvalue weighted by Crippen LogP contribution is -2.50. The van der Waals surface area contributed by atoms with Gasteiger partial charge in [0, 0.05) is 50.7 Å². The number of rotatable bonds is 5. The molecule has 2 aromatic rings. The van der Waals surface area contributed by atoms with Crippen molar-refractivity contribution >= 4 is 35.4 Å². The Kier molecular flexibility index (Phi) is 6.64. The number of carbonyl (C=O) groups excluding carboxylic acids is 3. The van der Waals surface area contributed by atoms with Gasteiger partial charge in [-0.2, -0.15) is 4.98 Å². The van der Waals surface area contributed by atoms with Gasteiger partial charge in [-0.25, -0.2) is 14.6 Å². The number of anilines is 3. The Morgan fingerprint density at radius 3 is 2.62 bits per heavy atom. The van der Waals surface area contributed by atoms with Crippen molar-refractivity contribution in [1.82, 2.24) is 20.2 Å². The number of urea groups is 2. The zero-order valence-electron chi connectivity index (χ0n) is 19.7. The van der Waals surface area contributed by atoms with E-state index in [1.54, 1.807) is 25.2 Å². The fourth-order valence-electron chi connectivity index (χ4n) is 4.33. The van der Waals surface area contributed by atoms with Crippen molar-refractivity contribution in [1.29, 1.82) is 0 Å². The molecule has 1 fully saturated rings. The lowest BCUT2D eigenvalue weighted by atomic mass is 10.1. The van der Waals surface area contributed by atoms with Gasteiger partial charge in [0.2, 0.25) is 11.9 Å². The molecule has 11 heteroatoms. The number of aromatic nitrogens is 2. The number of para-hydroxylation sites is 1. The van der Waals surface area contributed by atoms with Gasteiger partial charge in [-0.1, -0.05) is 18.2 Å². The first-order chi connectivity index (χ1) is 16.2. The first kappa shape index (κ1) is 23.4. The summed E-state index contributed by atoms with van der Waals surface area (Å²) >= 11 is 0. The van der Waals surface area contributed by atoms with Crippen LogP contribution in [0.15, 0.2) is 30.5 Å². The monoisotopic (exact) mass is 466 g/mol. The molecule has 2 aliphatic heterocycles. The Balaban J connectivity index is 1.44. The Morgan fingerprint density at radius 2 is 1.94 bits per heavy atom. The van der Waals surface area contributed by atoms with Crippen molar-refractivity contribution in [2.24, 2.45) is 5.73 Å². The molecule has 3 N–H and O–H groups in total. The molecule has 0 unspecified atom stereocenters. The number of hydrogen-bond donors (Lipinski definition) is 2. The number of nitrogens with zero attached hydrogens (tertiary/aromatic N) is 6. The van der Waals surface area contributed by atoms with Crippen LogP contribution in [0.3, 0.4) is 0 Å². The molecule has 1 aromatic heterocycles. The van der Waals surface area contributed by atoms with Gasteiger partial charge in [0.15, 0.2) is 0 Å². The first-order valence-corrected chi connectivity index (χ1v) is 11.3. The van der Waals surface area contributed by atoms with Gasteiger partial charge in [0.05, 0.1) is 13.1 Å². The predicted octanol–water partition coefficient (Wildman–Crippen LogP) is 1.46. The second-order valence-electron chi connectivity index (χ2n) is 8.76. The Hall–Kier alpha value is -3.73. The summed E-state index contributed by atoms with van der Waals surface area (Å²) in [6.45, 7) is 3.93. The summed E-state index contributed by atoms with van der Waals surface area (Å²) in [5, 5.41) is 3.00. The molecule has 180 valence electrons. The molecule has 0 aliphatic carbocycles. The number of likely N-dealkylation sites (tertiary alicyclic amines) is 1. The van der Waals surface area contributed by atoms with E-state index in [1.165, 1.54) is 9.80 Å². The average Bonchev–Trinajstić information content (AvgIpc) is 2.82. The van der Waals surface area contributed by atoms with E-state index < -0.39 is 0 Å². The van der Waals surface area contributed by atoms with E-state index in [2.05, 4.69) is 15.3 Å². The molecule has 3 heterocycles. The minimum atomic E-state index is -0.350. The molecule has 2 aliphatic rings. The van der Waals surface area contributed by atoms with Gasteiger partial charge < -0.3 is 11.1 Å². The molecule has 4 rings (SSSR count). The van der Waals surface area contributed by atoms with Gasteiger partial charge in [0.25, 0.3) is 0 Å². The molecule has 5 amide bonds. The van der Waals surface area contributed by atoms with E-state index in [-0.39, 0.29) is 36.5 Å². The molecule has 0 bridgehead atoms. The summed E-state index contributed by atoms with van der Waals surface area (Å²) in [5.41, 5.74) is 7.89. The van der Waals surface area contributed by atoms with Crippen molar-refractivity contribution in [2.75, 3.05) is 48.4 Å². The average molecular weight is 467 g/mol. The lowest BCUT2D eigenvalue weighted by Gasteiger charge is -2.35. The summed E-state index contributed by atoms with van der Waals surface area (Å²) in [6.07, 6.45) is 3.12. The second kappa shape index (κ2) is 9.64. The number of nitrogens with one attached hydrogen (secondary N) is 1. The number of piperidine rings is 1. The molecule has 11 nitrogen and oxygen atoms in total. The maximum Gasteiger partial charge on any atom is 0.330 e. The maximum absolute atomic E-state index is 13.1. The molecule has 1 aromatic carbocycles. The van der Waals surface area contributed by atoms with E-state index in [0.29, 0.717) is 25.5 Å². The molecule has 0 saturated carbocycles. The van der Waals surface area contributed by atoms with E-state index >= 15 is 0 Å². The predicted molar refractivity (Wildman–Crippen MR) is 129 cm³/mol. The van der Waals surface area contributed by atoms with Crippen molar-refractivity contribution in [3.63, 3.8) is 0 Å². The standard InChI is InChI=1S/C23H30N8O3/c1-15-6-4-5-7-18(15)31-13-16-12-25-21(27-20(16)28(2)23(31)34)29(3)22(33)26-17-8-10-30(11-9-17)14-19(24)32/h4-7,12,17H,8-11,13-14H2,1-3H3,(H2,24,32)(H,26,33). The highest BCUT2D eigenvalue weighted by Crippen LogP contribution is 2.31. The minimum Gasteiger partial charge on any atom is -0.369 e. The number of aryl methyl sites for hydroxylation is 1. The van der Waals surface area contributed by atoms with Crippen LogP contribution in [0.5, 0.6) is 0 Å². The van der Waals surface area contributed by atoms with Crippen LogP contribution in [0.2, 0.25) is 0 Å². The third-order valence-electron chi connectivity index (χ3n) is 6.30. The molecule has 0 spiro atoms. The first-order valence-electron chi connectivity index (χ1n) is 11.3. The van der Waals surface area contributed by atoms with Crippen LogP contribution in [0.1, 0.15) is 24.0 Å². The van der Waals surface area contributed by atoms with Crippen LogP contribution in [-0.2, 0) is 11.3 Å². The van der Waals surface area contributed by atoms with Gasteiger partial charge >= 0.3 is 12.1 Å². The van der Waals surface area contributed by atoms with Gasteiger partial charge in [-0.15, -0.1) is 0 Å². The number of fused-ring (bicyclic) bond motifs is 1. The normalized spacial score (nSPS) is 16.9. The van der Waals surface area contributed by atoms with Crippen LogP contribution in [0.25, 0.3) is 0 Å². The summed E-state index contributed by atoms with van der Waals surface area (Å²) in [6, 6.07) is 7.19. The zero-order chi connectivity index (χ0) is 24.4. The van der Waals surface area contributed by atoms with E-state index in [0.717, 1.165) is 29.7 Å². The fourth-order valence-corrected chi connectivity index (χ4v) is 4.33. The third kappa shape index (κ3) is 4.79. The highest BCUT2D eigenvalue weighted by atomic mass is 16.2. The van der Waals surface area contributed by atoms with Crippen LogP contribution in [-0.4, -0.2) is 72.6 Å². The summed E-state index contributed by atoms with van der Waals surface area (Å²) in [4.78, 5) is 52.4. The topological polar surface area (TPSA) is 128 Å². The number of amides is 5. The zero-order valence-corrected chi connectivity index (χ0v) is 19.7. The van der Waals surface area contributed by atoms with Crippen LogP contribution in [0.4, 0.5) is 27.0 Å². The van der Waals surface area contributed by atoms with Crippen molar-refractivity contribution < 1.29 is 14.4 Å². The third-order valence-corrected chi connectivity index (χ3v) is 6.30. The number of hydrogen-bond acceptors (Lipinski definition) is 6. The number of carbonyl (C=O) groups is 3. The largest absolute Gasteiger partial charge is 0.369 e. The SMILES string of the molecule is Cc1ccccc1N1Cc2cnc(N(C)C(=O)NC3CCN(CC(N)=O)CC3)nc2N(C)C1=O. The second-order valence-corrected chi connectivity index (χ2v) is 8.76. The highest BCUT2D eigenvalue weighted by molar-refractivity contribution is 6.05. The smallest absolute Gasteiger partial charge is 0.330 e. The fraction of sp³-hybridized carbons (Fsp3) is 0.435. The number of nitrogens with two attached hydrogens (primary N) is 1. The van der Waals surface area contributed by atoms with Gasteiger partial charge in [-0.05, 0) is 31.4 Å². The summed E-state index contributed by atoms with van der Waals surface area (Å²) in [5.74, 6) is 0.350. The van der Waals surface area contributed by atoms with Crippen LogP contribution >= 0.6 is 0 Å². The quantitative estimate of drug-likeness (QED) is 0.687. The van der Waals surface area contributed by atoms with Crippen molar-refractivity contribution in [3.8, 4) is 0 Å². The Bertz CT molecular complexity index is 1100. The molecular weight excluding hydrogens is 436 g/mol. The van der Waals surface area contributed by atoms with E-state index in [9.17, 15) is 14.4 Å². The molecular formula is C23H30N8O3. The van der Waals surface area contributed by atoms with Gasteiger partial charge in [0.1, 0.15) is 5.82 Å². The molecule has 34 heavy (non-hydrogen) atoms. The van der Waals surface area contributed by atoms with Crippen molar-refractivity contribution in [3.05, 3.63) is 41.6 Å².